The van der Waals surface area contributed by atoms with Crippen molar-refractivity contribution in [2.75, 3.05) is 12.0 Å². The van der Waals surface area contributed by atoms with Crippen LogP contribution in [0.4, 0.5) is 0 Å². The largest absolute Gasteiger partial charge is 0.508 e. The number of hydrogen-bond acceptors (Lipinski definition) is 9. The van der Waals surface area contributed by atoms with E-state index >= 15 is 0 Å². The second-order valence-electron chi connectivity index (χ2n) is 8.73. The number of aromatic amines is 1. The Bertz CT molecular complexity index is 1060. The summed E-state index contributed by atoms with van der Waals surface area (Å²) in [6, 6.07) is 1.41. The predicted molar refractivity (Wildman–Crippen MR) is 140 cm³/mol. The normalized spacial score (nSPS) is 14.9. The molecular formula is C24H34N6O7S. The van der Waals surface area contributed by atoms with Gasteiger partial charge in [0.05, 0.1) is 18.5 Å². The van der Waals surface area contributed by atoms with Gasteiger partial charge in [-0.05, 0) is 49.5 Å². The summed E-state index contributed by atoms with van der Waals surface area (Å²) in [4.78, 5) is 57.1. The van der Waals surface area contributed by atoms with Crippen molar-refractivity contribution < 1.29 is 34.5 Å². The summed E-state index contributed by atoms with van der Waals surface area (Å²) in [6.45, 7) is 1.22. The number of aliphatic hydroxyl groups excluding tert-OH is 1. The van der Waals surface area contributed by atoms with Crippen LogP contribution in [0.2, 0.25) is 0 Å². The number of carbonyl (C=O) groups excluding carboxylic acids is 3. The van der Waals surface area contributed by atoms with Crippen molar-refractivity contribution in [3.05, 3.63) is 48.0 Å². The molecule has 1 aromatic heterocycles. The number of hydrogen-bond donors (Lipinski definition) is 8. The number of phenols is 1. The van der Waals surface area contributed by atoms with Crippen LogP contribution in [0.1, 0.15) is 24.6 Å². The first-order valence-electron chi connectivity index (χ1n) is 11.8. The van der Waals surface area contributed by atoms with Gasteiger partial charge in [0.25, 0.3) is 0 Å². The number of phenolic OH excluding ortho intramolecular Hbond substituents is 1. The molecule has 0 saturated heterocycles. The molecule has 0 aliphatic carbocycles. The number of nitrogens with one attached hydrogen (secondary N) is 4. The summed E-state index contributed by atoms with van der Waals surface area (Å²) in [5.41, 5.74) is 7.27. The molecule has 2 rings (SSSR count). The lowest BCUT2D eigenvalue weighted by Gasteiger charge is -2.25. The molecule has 1 heterocycles. The predicted octanol–water partition coefficient (Wildman–Crippen LogP) is -1.10. The maximum Gasteiger partial charge on any atom is 0.328 e. The van der Waals surface area contributed by atoms with Gasteiger partial charge in [-0.15, -0.1) is 0 Å². The molecule has 5 unspecified atom stereocenters. The van der Waals surface area contributed by atoms with E-state index in [0.29, 0.717) is 11.4 Å². The molecule has 0 fully saturated rings. The van der Waals surface area contributed by atoms with E-state index in [0.717, 1.165) is 5.56 Å². The summed E-state index contributed by atoms with van der Waals surface area (Å²) in [5.74, 6) is -2.90. The first-order valence-corrected chi connectivity index (χ1v) is 13.2. The number of thioether (sulfide) groups is 1. The molecule has 3 amide bonds. The van der Waals surface area contributed by atoms with Gasteiger partial charge in [0.1, 0.15) is 17.8 Å². The third-order valence-electron chi connectivity index (χ3n) is 5.63. The number of aromatic nitrogens is 2. The van der Waals surface area contributed by atoms with E-state index < -0.39 is 54.0 Å². The highest BCUT2D eigenvalue weighted by Gasteiger charge is 2.32. The number of nitrogens with two attached hydrogens (primary N) is 1. The van der Waals surface area contributed by atoms with Gasteiger partial charge >= 0.3 is 5.97 Å². The molecule has 13 nitrogen and oxygen atoms in total. The molecule has 0 spiro atoms. The van der Waals surface area contributed by atoms with E-state index in [1.807, 2.05) is 6.26 Å². The zero-order valence-electron chi connectivity index (χ0n) is 21.1. The molecular weight excluding hydrogens is 516 g/mol. The first kappa shape index (κ1) is 30.6. The Morgan fingerprint density at radius 3 is 2.21 bits per heavy atom. The third-order valence-corrected chi connectivity index (χ3v) is 6.27. The number of H-pyrrole nitrogens is 1. The van der Waals surface area contributed by atoms with Gasteiger partial charge in [0, 0.05) is 18.3 Å². The standard InChI is InChI=1S/C24H34N6O7S/c1-13(31)20(24(36)37)30-23(35)19(10-15-11-26-12-27-15)29-22(34)18(7-8-38-2)28-21(33)17(25)9-14-3-5-16(32)6-4-14/h3-6,11-13,17-20,31-32H,7-10,25H2,1-2H3,(H,26,27)(H,28,33)(H,29,34)(H,30,35)(H,36,37). The number of carboxylic acid groups (broad SMARTS) is 1. The number of aromatic hydroxyl groups is 1. The van der Waals surface area contributed by atoms with Crippen molar-refractivity contribution in [2.45, 2.75) is 56.5 Å². The Morgan fingerprint density at radius 1 is 1.03 bits per heavy atom. The highest BCUT2D eigenvalue weighted by Crippen LogP contribution is 2.11. The summed E-state index contributed by atoms with van der Waals surface area (Å²) in [6.07, 6.45) is 3.66. The van der Waals surface area contributed by atoms with Crippen LogP contribution in [-0.2, 0) is 32.0 Å². The van der Waals surface area contributed by atoms with Gasteiger partial charge in [-0.2, -0.15) is 11.8 Å². The number of aliphatic hydroxyl groups is 1. The SMILES string of the molecule is CSCCC(NC(=O)C(N)Cc1ccc(O)cc1)C(=O)NC(Cc1cnc[nH]1)C(=O)NC(C(=O)O)C(C)O. The zero-order chi connectivity index (χ0) is 28.2. The minimum absolute atomic E-state index is 0.0483. The molecule has 0 saturated carbocycles. The van der Waals surface area contributed by atoms with Crippen molar-refractivity contribution >= 4 is 35.5 Å². The Morgan fingerprint density at radius 2 is 1.66 bits per heavy atom. The van der Waals surface area contributed by atoms with Gasteiger partial charge < -0.3 is 42.0 Å². The van der Waals surface area contributed by atoms with Crippen molar-refractivity contribution in [3.8, 4) is 5.75 Å². The minimum atomic E-state index is -1.59. The number of nitrogens with zero attached hydrogens (tertiary/aromatic N) is 1. The van der Waals surface area contributed by atoms with E-state index in [1.54, 1.807) is 12.1 Å². The maximum absolute atomic E-state index is 13.2. The smallest absolute Gasteiger partial charge is 0.328 e. The quantitative estimate of drug-likeness (QED) is 0.134. The van der Waals surface area contributed by atoms with Crippen molar-refractivity contribution in [1.29, 1.82) is 0 Å². The fourth-order valence-electron chi connectivity index (χ4n) is 3.50. The van der Waals surface area contributed by atoms with Gasteiger partial charge in [-0.3, -0.25) is 14.4 Å². The Kier molecular flexibility index (Phi) is 12.0. The fraction of sp³-hybridized carbons (Fsp3) is 0.458. The monoisotopic (exact) mass is 550 g/mol. The van der Waals surface area contributed by atoms with E-state index in [2.05, 4.69) is 25.9 Å². The third kappa shape index (κ3) is 9.68. The van der Waals surface area contributed by atoms with Crippen LogP contribution in [0.15, 0.2) is 36.8 Å². The molecule has 0 aliphatic rings. The number of amides is 3. The molecule has 0 aliphatic heterocycles. The molecule has 38 heavy (non-hydrogen) atoms. The number of carboxylic acids is 1. The highest BCUT2D eigenvalue weighted by atomic mass is 32.2. The molecule has 1 aromatic carbocycles. The van der Waals surface area contributed by atoms with Crippen LogP contribution in [0.3, 0.4) is 0 Å². The number of rotatable bonds is 15. The average Bonchev–Trinajstić information content (AvgIpc) is 3.38. The summed E-state index contributed by atoms with van der Waals surface area (Å²) in [5, 5.41) is 35.9. The number of aliphatic carboxylic acids is 1. The van der Waals surface area contributed by atoms with Crippen molar-refractivity contribution in [3.63, 3.8) is 0 Å². The van der Waals surface area contributed by atoms with Crippen LogP contribution in [-0.4, -0.2) is 91.3 Å². The van der Waals surface area contributed by atoms with E-state index in [4.69, 9.17) is 5.73 Å². The second kappa shape index (κ2) is 15.0. The zero-order valence-corrected chi connectivity index (χ0v) is 21.9. The van der Waals surface area contributed by atoms with E-state index in [-0.39, 0.29) is 25.0 Å². The van der Waals surface area contributed by atoms with Crippen molar-refractivity contribution in [2.24, 2.45) is 5.73 Å². The Labute approximate surface area is 224 Å². The topological polar surface area (TPSA) is 220 Å². The lowest BCUT2D eigenvalue weighted by atomic mass is 10.0. The first-order chi connectivity index (χ1) is 18.0. The number of carbonyl (C=O) groups is 4. The maximum atomic E-state index is 13.2. The molecule has 9 N–H and O–H groups in total. The molecule has 14 heteroatoms. The number of benzene rings is 1. The fourth-order valence-corrected chi connectivity index (χ4v) is 3.97. The average molecular weight is 551 g/mol. The molecule has 208 valence electrons. The molecule has 0 radical (unpaired) electrons. The Balaban J connectivity index is 2.15. The lowest BCUT2D eigenvalue weighted by Crippen LogP contribution is -2.59. The lowest BCUT2D eigenvalue weighted by molar-refractivity contribution is -0.145. The second-order valence-corrected chi connectivity index (χ2v) is 9.71. The van der Waals surface area contributed by atoms with Crippen LogP contribution >= 0.6 is 11.8 Å². The molecule has 5 atom stereocenters. The van der Waals surface area contributed by atoms with E-state index in [9.17, 15) is 34.5 Å². The Hall–Kier alpha value is -3.62. The van der Waals surface area contributed by atoms with Crippen molar-refractivity contribution in [1.82, 2.24) is 25.9 Å². The van der Waals surface area contributed by atoms with Crippen LogP contribution in [0, 0.1) is 0 Å². The van der Waals surface area contributed by atoms with Crippen LogP contribution < -0.4 is 21.7 Å². The van der Waals surface area contributed by atoms with Gasteiger partial charge in [-0.1, -0.05) is 12.1 Å². The van der Waals surface area contributed by atoms with Gasteiger partial charge in [-0.25, -0.2) is 9.78 Å². The van der Waals surface area contributed by atoms with Gasteiger partial charge in [0.2, 0.25) is 17.7 Å². The van der Waals surface area contributed by atoms with Gasteiger partial charge in [0.15, 0.2) is 6.04 Å². The number of imidazole rings is 1. The molecule has 0 bridgehead atoms. The van der Waals surface area contributed by atoms with Crippen LogP contribution in [0.25, 0.3) is 0 Å². The highest BCUT2D eigenvalue weighted by molar-refractivity contribution is 7.98. The minimum Gasteiger partial charge on any atom is -0.508 e. The van der Waals surface area contributed by atoms with Crippen LogP contribution in [0.5, 0.6) is 5.75 Å². The summed E-state index contributed by atoms with van der Waals surface area (Å²) < 4.78 is 0. The summed E-state index contributed by atoms with van der Waals surface area (Å²) >= 11 is 1.46. The van der Waals surface area contributed by atoms with E-state index in [1.165, 1.54) is 43.3 Å². The summed E-state index contributed by atoms with van der Waals surface area (Å²) in [7, 11) is 0. The molecule has 2 aromatic rings.